The maximum absolute atomic E-state index is 12.1. The lowest BCUT2D eigenvalue weighted by molar-refractivity contribution is -0.124. The summed E-state index contributed by atoms with van der Waals surface area (Å²) >= 11 is 0. The van der Waals surface area contributed by atoms with Crippen molar-refractivity contribution in [2.45, 2.75) is 25.8 Å². The fourth-order valence-corrected chi connectivity index (χ4v) is 2.23. The summed E-state index contributed by atoms with van der Waals surface area (Å²) in [6, 6.07) is 7.18. The van der Waals surface area contributed by atoms with E-state index in [2.05, 4.69) is 15.6 Å². The molecular weight excluding hydrogens is 258 g/mol. The first-order chi connectivity index (χ1) is 9.61. The normalized spacial score (nSPS) is 17.7. The highest BCUT2D eigenvalue weighted by Gasteiger charge is 2.34. The first kappa shape index (κ1) is 14.2. The van der Waals surface area contributed by atoms with Crippen LogP contribution in [0, 0.1) is 6.92 Å². The van der Waals surface area contributed by atoms with Crippen molar-refractivity contribution in [1.29, 1.82) is 0 Å². The fourth-order valence-electron chi connectivity index (χ4n) is 2.23. The second kappa shape index (κ2) is 6.27. The molecule has 6 heteroatoms. The lowest BCUT2D eigenvalue weighted by Crippen LogP contribution is -2.47. The number of amides is 2. The van der Waals surface area contributed by atoms with Crippen LogP contribution in [0.4, 0.5) is 10.5 Å². The molecule has 6 nitrogen and oxygen atoms in total. The van der Waals surface area contributed by atoms with Gasteiger partial charge in [0.05, 0.1) is 12.8 Å². The monoisotopic (exact) mass is 277 g/mol. The molecule has 2 amide bonds. The largest absolute Gasteiger partial charge is 0.453 e. The molecule has 0 radical (unpaired) electrons. The van der Waals surface area contributed by atoms with Crippen LogP contribution in [-0.4, -0.2) is 36.6 Å². The Balaban J connectivity index is 1.91. The molecule has 1 saturated heterocycles. The smallest absolute Gasteiger partial charge is 0.410 e. The van der Waals surface area contributed by atoms with E-state index in [1.807, 2.05) is 31.2 Å². The van der Waals surface area contributed by atoms with Gasteiger partial charge in [-0.3, -0.25) is 20.5 Å². The minimum absolute atomic E-state index is 0.228. The van der Waals surface area contributed by atoms with Crippen molar-refractivity contribution in [2.24, 2.45) is 0 Å². The predicted octanol–water partition coefficient (Wildman–Crippen LogP) is 1.67. The van der Waals surface area contributed by atoms with Gasteiger partial charge in [0.1, 0.15) is 6.04 Å². The van der Waals surface area contributed by atoms with Crippen molar-refractivity contribution in [3.8, 4) is 0 Å². The maximum Gasteiger partial charge on any atom is 0.410 e. The number of hydrogen-bond acceptors (Lipinski definition) is 4. The predicted molar refractivity (Wildman–Crippen MR) is 75.1 cm³/mol. The number of likely N-dealkylation sites (tertiary alicyclic amines) is 1. The van der Waals surface area contributed by atoms with Gasteiger partial charge in [-0.15, -0.1) is 0 Å². The van der Waals surface area contributed by atoms with E-state index in [0.717, 1.165) is 17.7 Å². The highest BCUT2D eigenvalue weighted by Crippen LogP contribution is 2.18. The Morgan fingerprint density at radius 1 is 1.30 bits per heavy atom. The average molecular weight is 277 g/mol. The van der Waals surface area contributed by atoms with Crippen LogP contribution >= 0.6 is 0 Å². The topological polar surface area (TPSA) is 70.7 Å². The van der Waals surface area contributed by atoms with E-state index < -0.39 is 12.1 Å². The summed E-state index contributed by atoms with van der Waals surface area (Å²) in [6.07, 6.45) is 0.992. The van der Waals surface area contributed by atoms with Crippen molar-refractivity contribution >= 4 is 17.7 Å². The Kier molecular flexibility index (Phi) is 4.45. The molecule has 0 bridgehead atoms. The number of carbonyl (C=O) groups excluding carboxylic acids is 2. The number of nitrogens with one attached hydrogen (secondary N) is 2. The first-order valence-corrected chi connectivity index (χ1v) is 6.59. The maximum atomic E-state index is 12.1. The van der Waals surface area contributed by atoms with E-state index >= 15 is 0 Å². The SMILES string of the molecule is COC(=O)N1CCCC1C(=O)NNc1ccc(C)cc1. The molecule has 0 aliphatic carbocycles. The van der Waals surface area contributed by atoms with E-state index in [9.17, 15) is 9.59 Å². The molecule has 1 aliphatic rings. The minimum atomic E-state index is -0.472. The lowest BCUT2D eigenvalue weighted by atomic mass is 10.2. The molecule has 108 valence electrons. The summed E-state index contributed by atoms with van der Waals surface area (Å²) in [5.74, 6) is -0.228. The number of nitrogens with zero attached hydrogens (tertiary/aromatic N) is 1. The summed E-state index contributed by atoms with van der Waals surface area (Å²) < 4.78 is 4.68. The first-order valence-electron chi connectivity index (χ1n) is 6.59. The summed E-state index contributed by atoms with van der Waals surface area (Å²) in [7, 11) is 1.32. The van der Waals surface area contributed by atoms with Gasteiger partial charge in [0, 0.05) is 6.54 Å². The number of carbonyl (C=O) groups is 2. The zero-order valence-corrected chi connectivity index (χ0v) is 11.7. The van der Waals surface area contributed by atoms with Crippen LogP contribution in [0.25, 0.3) is 0 Å². The van der Waals surface area contributed by atoms with Crippen molar-refractivity contribution in [2.75, 3.05) is 19.1 Å². The molecule has 1 heterocycles. The molecule has 20 heavy (non-hydrogen) atoms. The van der Waals surface area contributed by atoms with Crippen LogP contribution in [0.3, 0.4) is 0 Å². The van der Waals surface area contributed by atoms with Crippen molar-refractivity contribution in [3.63, 3.8) is 0 Å². The number of hydrogen-bond donors (Lipinski definition) is 2. The van der Waals surface area contributed by atoms with Gasteiger partial charge in [0.15, 0.2) is 0 Å². The minimum Gasteiger partial charge on any atom is -0.453 e. The molecule has 0 saturated carbocycles. The Labute approximate surface area is 118 Å². The van der Waals surface area contributed by atoms with Gasteiger partial charge in [-0.05, 0) is 31.9 Å². The number of rotatable bonds is 3. The number of hydrazine groups is 1. The van der Waals surface area contributed by atoms with Gasteiger partial charge in [-0.1, -0.05) is 17.7 Å². The summed E-state index contributed by atoms with van der Waals surface area (Å²) in [6.45, 7) is 2.55. The van der Waals surface area contributed by atoms with E-state index in [-0.39, 0.29) is 5.91 Å². The van der Waals surface area contributed by atoms with Gasteiger partial charge in [-0.25, -0.2) is 4.79 Å². The van der Waals surface area contributed by atoms with Gasteiger partial charge < -0.3 is 4.74 Å². The zero-order valence-electron chi connectivity index (χ0n) is 11.7. The van der Waals surface area contributed by atoms with Gasteiger partial charge in [0.2, 0.25) is 0 Å². The van der Waals surface area contributed by atoms with Crippen LogP contribution in [0.2, 0.25) is 0 Å². The van der Waals surface area contributed by atoms with Crippen LogP contribution in [0.1, 0.15) is 18.4 Å². The second-order valence-corrected chi connectivity index (χ2v) is 4.80. The van der Waals surface area contributed by atoms with E-state index in [0.29, 0.717) is 13.0 Å². The standard InChI is InChI=1S/C14H19N3O3/c1-10-5-7-11(8-6-10)15-16-13(18)12-4-3-9-17(12)14(19)20-2/h5-8,12,15H,3-4,9H2,1-2H3,(H,16,18). The molecule has 1 aromatic rings. The van der Waals surface area contributed by atoms with Gasteiger partial charge in [0.25, 0.3) is 5.91 Å². The quantitative estimate of drug-likeness (QED) is 0.824. The highest BCUT2D eigenvalue weighted by molar-refractivity contribution is 5.87. The molecule has 1 fully saturated rings. The Bertz CT molecular complexity index is 487. The molecule has 2 N–H and O–H groups in total. The Hall–Kier alpha value is -2.24. The molecule has 0 aromatic heterocycles. The molecule has 0 spiro atoms. The van der Waals surface area contributed by atoms with Gasteiger partial charge in [-0.2, -0.15) is 0 Å². The zero-order chi connectivity index (χ0) is 14.5. The van der Waals surface area contributed by atoms with Crippen LogP contribution < -0.4 is 10.9 Å². The van der Waals surface area contributed by atoms with Crippen LogP contribution in [-0.2, 0) is 9.53 Å². The Morgan fingerprint density at radius 2 is 2.00 bits per heavy atom. The van der Waals surface area contributed by atoms with E-state index in [1.54, 1.807) is 0 Å². The molecule has 1 aliphatic heterocycles. The lowest BCUT2D eigenvalue weighted by Gasteiger charge is -2.22. The summed E-state index contributed by atoms with van der Waals surface area (Å²) in [4.78, 5) is 25.1. The highest BCUT2D eigenvalue weighted by atomic mass is 16.5. The van der Waals surface area contributed by atoms with E-state index in [4.69, 9.17) is 0 Å². The van der Waals surface area contributed by atoms with E-state index in [1.165, 1.54) is 12.0 Å². The number of methoxy groups -OCH3 is 1. The third kappa shape index (κ3) is 3.20. The molecule has 2 rings (SSSR count). The van der Waals surface area contributed by atoms with Crippen molar-refractivity contribution < 1.29 is 14.3 Å². The molecule has 1 atom stereocenters. The van der Waals surface area contributed by atoms with Crippen LogP contribution in [0.15, 0.2) is 24.3 Å². The Morgan fingerprint density at radius 3 is 2.65 bits per heavy atom. The molecule has 1 aromatic carbocycles. The second-order valence-electron chi connectivity index (χ2n) is 4.80. The number of anilines is 1. The summed E-state index contributed by atoms with van der Waals surface area (Å²) in [5, 5.41) is 0. The number of aryl methyl sites for hydroxylation is 1. The van der Waals surface area contributed by atoms with Crippen LogP contribution in [0.5, 0.6) is 0 Å². The summed E-state index contributed by atoms with van der Waals surface area (Å²) in [5.41, 5.74) is 7.42. The van der Waals surface area contributed by atoms with Crippen molar-refractivity contribution in [3.05, 3.63) is 29.8 Å². The fraction of sp³-hybridized carbons (Fsp3) is 0.429. The van der Waals surface area contributed by atoms with Gasteiger partial charge >= 0.3 is 6.09 Å². The number of ether oxygens (including phenoxy) is 1. The van der Waals surface area contributed by atoms with Crippen molar-refractivity contribution in [1.82, 2.24) is 10.3 Å². The molecular formula is C14H19N3O3. The third-order valence-electron chi connectivity index (χ3n) is 3.35. The average Bonchev–Trinajstić information content (AvgIpc) is 2.95. The number of benzene rings is 1. The molecule has 1 unspecified atom stereocenters. The third-order valence-corrected chi connectivity index (χ3v) is 3.35.